The van der Waals surface area contributed by atoms with Crippen LogP contribution in [0.3, 0.4) is 0 Å². The third-order valence-electron chi connectivity index (χ3n) is 1.69. The minimum absolute atomic E-state index is 0.0111. The first-order chi connectivity index (χ1) is 7.56. The van der Waals surface area contributed by atoms with Gasteiger partial charge in [-0.25, -0.2) is 0 Å². The van der Waals surface area contributed by atoms with Gasteiger partial charge in [-0.2, -0.15) is 0 Å². The molecule has 0 fully saturated rings. The van der Waals surface area contributed by atoms with Gasteiger partial charge in [0.15, 0.2) is 0 Å². The molecule has 84 valence electrons. The first kappa shape index (κ1) is 13.0. The van der Waals surface area contributed by atoms with Gasteiger partial charge >= 0.3 is 0 Å². The van der Waals surface area contributed by atoms with E-state index in [1.807, 2.05) is 0 Å². The molecular weight excluding hydrogens is 342 g/mol. The van der Waals surface area contributed by atoms with Gasteiger partial charge in [0.1, 0.15) is 5.75 Å². The van der Waals surface area contributed by atoms with Crippen LogP contribution in [-0.4, -0.2) is 11.5 Å². The summed E-state index contributed by atoms with van der Waals surface area (Å²) in [5.74, 6) is 2.96. The zero-order valence-corrected chi connectivity index (χ0v) is 11.2. The average Bonchev–Trinajstić information content (AvgIpc) is 2.21. The first-order valence-corrected chi connectivity index (χ1v) is 5.84. The van der Waals surface area contributed by atoms with Gasteiger partial charge in [0, 0.05) is 18.6 Å². The van der Waals surface area contributed by atoms with Gasteiger partial charge in [-0.1, -0.05) is 0 Å². The Hall–Kier alpha value is -1.06. The Morgan fingerprint density at radius 2 is 2.00 bits per heavy atom. The van der Waals surface area contributed by atoms with E-state index < -0.39 is 4.92 Å². The van der Waals surface area contributed by atoms with E-state index in [1.165, 1.54) is 12.1 Å². The lowest BCUT2D eigenvalue weighted by atomic mass is 10.3. The van der Waals surface area contributed by atoms with Crippen LogP contribution in [-0.2, 0) is 0 Å². The maximum Gasteiger partial charge on any atom is 0.271 e. The molecule has 6 heteroatoms. The molecule has 0 heterocycles. The molecule has 0 spiro atoms. The quantitative estimate of drug-likeness (QED) is 0.362. The molecule has 0 radical (unpaired) electrons. The normalized spacial score (nSPS) is 9.56. The summed E-state index contributed by atoms with van der Waals surface area (Å²) in [7, 11) is 0. The van der Waals surface area contributed by atoms with Gasteiger partial charge in [0.05, 0.1) is 20.5 Å². The van der Waals surface area contributed by atoms with Crippen LogP contribution < -0.4 is 4.74 Å². The standard InChI is InChI=1S/C10H7Br2NO3/c1-2-3-4-16-10-8(11)5-7(13(14)15)6-9(10)12/h1,5-6H,3-4H2. The average molecular weight is 349 g/mol. The second kappa shape index (κ2) is 5.87. The third kappa shape index (κ3) is 3.22. The van der Waals surface area contributed by atoms with Crippen LogP contribution in [0.25, 0.3) is 0 Å². The van der Waals surface area contributed by atoms with E-state index >= 15 is 0 Å². The molecule has 1 aromatic carbocycles. The van der Waals surface area contributed by atoms with Gasteiger partial charge in [-0.15, -0.1) is 12.3 Å². The van der Waals surface area contributed by atoms with E-state index in [2.05, 4.69) is 37.8 Å². The molecule has 4 nitrogen and oxygen atoms in total. The number of rotatable bonds is 4. The van der Waals surface area contributed by atoms with Gasteiger partial charge in [0.2, 0.25) is 0 Å². The molecule has 0 atom stereocenters. The van der Waals surface area contributed by atoms with E-state index in [0.717, 1.165) is 0 Å². The monoisotopic (exact) mass is 347 g/mol. The van der Waals surface area contributed by atoms with Crippen molar-refractivity contribution < 1.29 is 9.66 Å². The van der Waals surface area contributed by atoms with Crippen molar-refractivity contribution in [3.05, 3.63) is 31.2 Å². The lowest BCUT2D eigenvalue weighted by molar-refractivity contribution is -0.385. The zero-order chi connectivity index (χ0) is 12.1. The highest BCUT2D eigenvalue weighted by molar-refractivity contribution is 9.11. The lowest BCUT2D eigenvalue weighted by Crippen LogP contribution is -1.98. The van der Waals surface area contributed by atoms with E-state index in [1.54, 1.807) is 0 Å². The highest BCUT2D eigenvalue weighted by Gasteiger charge is 2.14. The number of hydrogen-bond donors (Lipinski definition) is 0. The van der Waals surface area contributed by atoms with Crippen LogP contribution in [0.15, 0.2) is 21.1 Å². The smallest absolute Gasteiger partial charge is 0.271 e. The van der Waals surface area contributed by atoms with Crippen LogP contribution >= 0.6 is 31.9 Å². The molecule has 0 aliphatic carbocycles. The molecule has 0 saturated heterocycles. The molecule has 1 rings (SSSR count). The van der Waals surface area contributed by atoms with E-state index in [-0.39, 0.29) is 5.69 Å². The van der Waals surface area contributed by atoms with Crippen LogP contribution in [0.5, 0.6) is 5.75 Å². The fourth-order valence-corrected chi connectivity index (χ4v) is 2.39. The van der Waals surface area contributed by atoms with Crippen molar-refractivity contribution in [2.45, 2.75) is 6.42 Å². The summed E-state index contributed by atoms with van der Waals surface area (Å²) in [6.07, 6.45) is 5.57. The number of nitrogens with zero attached hydrogens (tertiary/aromatic N) is 1. The van der Waals surface area contributed by atoms with Crippen molar-refractivity contribution in [2.75, 3.05) is 6.61 Å². The maximum absolute atomic E-state index is 10.6. The fraction of sp³-hybridized carbons (Fsp3) is 0.200. The van der Waals surface area contributed by atoms with Crippen LogP contribution in [0.4, 0.5) is 5.69 Å². The zero-order valence-electron chi connectivity index (χ0n) is 8.07. The second-order valence-electron chi connectivity index (χ2n) is 2.80. The Labute approximate surface area is 109 Å². The Morgan fingerprint density at radius 3 is 2.44 bits per heavy atom. The summed E-state index contributed by atoms with van der Waals surface area (Å²) in [4.78, 5) is 10.1. The molecule has 0 unspecified atom stereocenters. The number of terminal acetylenes is 1. The lowest BCUT2D eigenvalue weighted by Gasteiger charge is -2.08. The molecule has 16 heavy (non-hydrogen) atoms. The molecule has 0 bridgehead atoms. The number of benzene rings is 1. The first-order valence-electron chi connectivity index (χ1n) is 4.26. The Kier molecular flexibility index (Phi) is 4.77. The van der Waals surface area contributed by atoms with E-state index in [9.17, 15) is 10.1 Å². The number of nitro groups is 1. The van der Waals surface area contributed by atoms with E-state index in [4.69, 9.17) is 11.2 Å². The minimum atomic E-state index is -0.471. The maximum atomic E-state index is 10.6. The van der Waals surface area contributed by atoms with Gasteiger partial charge in [0.25, 0.3) is 5.69 Å². The van der Waals surface area contributed by atoms with Crippen molar-refractivity contribution in [1.29, 1.82) is 0 Å². The predicted octanol–water partition coefficient (Wildman–Crippen LogP) is 3.52. The van der Waals surface area contributed by atoms with Crippen molar-refractivity contribution >= 4 is 37.5 Å². The number of non-ortho nitro benzene ring substituents is 1. The molecule has 0 saturated carbocycles. The van der Waals surface area contributed by atoms with Crippen LogP contribution in [0, 0.1) is 22.5 Å². The second-order valence-corrected chi connectivity index (χ2v) is 4.51. The van der Waals surface area contributed by atoms with Crippen molar-refractivity contribution in [2.24, 2.45) is 0 Å². The summed E-state index contributed by atoms with van der Waals surface area (Å²) >= 11 is 6.41. The Bertz CT molecular complexity index is 431. The number of ether oxygens (including phenoxy) is 1. The van der Waals surface area contributed by atoms with Crippen molar-refractivity contribution in [3.8, 4) is 18.1 Å². The summed E-state index contributed by atoms with van der Waals surface area (Å²) < 4.78 is 6.42. The molecule has 0 aliphatic rings. The highest BCUT2D eigenvalue weighted by Crippen LogP contribution is 2.37. The van der Waals surface area contributed by atoms with Crippen molar-refractivity contribution in [1.82, 2.24) is 0 Å². The molecule has 0 amide bonds. The topological polar surface area (TPSA) is 52.4 Å². The highest BCUT2D eigenvalue weighted by atomic mass is 79.9. The van der Waals surface area contributed by atoms with Gasteiger partial charge < -0.3 is 4.74 Å². The third-order valence-corrected chi connectivity index (χ3v) is 2.86. The summed E-state index contributed by atoms with van der Waals surface area (Å²) in [6, 6.07) is 2.77. The number of nitro benzene ring substituents is 1. The van der Waals surface area contributed by atoms with Crippen molar-refractivity contribution in [3.63, 3.8) is 0 Å². The summed E-state index contributed by atoms with van der Waals surface area (Å²) in [5.41, 5.74) is -0.0111. The SMILES string of the molecule is C#CCCOc1c(Br)cc([N+](=O)[O-])cc1Br. The van der Waals surface area contributed by atoms with E-state index in [0.29, 0.717) is 27.7 Å². The Balaban J connectivity index is 2.95. The molecule has 0 N–H and O–H groups in total. The molecular formula is C10H7Br2NO3. The summed E-state index contributed by atoms with van der Waals surface area (Å²) in [6.45, 7) is 0.367. The fourth-order valence-electron chi connectivity index (χ4n) is 1.00. The van der Waals surface area contributed by atoms with Gasteiger partial charge in [-0.3, -0.25) is 10.1 Å². The number of halogens is 2. The Morgan fingerprint density at radius 1 is 1.44 bits per heavy atom. The molecule has 0 aliphatic heterocycles. The molecule has 1 aromatic rings. The minimum Gasteiger partial charge on any atom is -0.490 e. The van der Waals surface area contributed by atoms with Gasteiger partial charge in [-0.05, 0) is 31.9 Å². The van der Waals surface area contributed by atoms with Crippen LogP contribution in [0.2, 0.25) is 0 Å². The number of hydrogen-bond acceptors (Lipinski definition) is 3. The summed E-state index contributed by atoms with van der Waals surface area (Å²) in [5, 5.41) is 10.6. The van der Waals surface area contributed by atoms with Crippen LogP contribution in [0.1, 0.15) is 6.42 Å². The predicted molar refractivity (Wildman–Crippen MR) is 67.4 cm³/mol. The molecule has 0 aromatic heterocycles. The largest absolute Gasteiger partial charge is 0.490 e.